The Morgan fingerprint density at radius 2 is 2.17 bits per heavy atom. The van der Waals surface area contributed by atoms with Crippen molar-refractivity contribution in [1.29, 1.82) is 0 Å². The van der Waals surface area contributed by atoms with Gasteiger partial charge in [-0.3, -0.25) is 4.79 Å². The van der Waals surface area contributed by atoms with Crippen LogP contribution >= 0.6 is 0 Å². The van der Waals surface area contributed by atoms with Crippen LogP contribution in [0.4, 0.5) is 0 Å². The van der Waals surface area contributed by atoms with Crippen molar-refractivity contribution in [3.63, 3.8) is 0 Å². The van der Waals surface area contributed by atoms with E-state index in [1.165, 1.54) is 0 Å². The van der Waals surface area contributed by atoms with Crippen LogP contribution in [0, 0.1) is 11.8 Å². The summed E-state index contributed by atoms with van der Waals surface area (Å²) in [6.07, 6.45) is 3.08. The van der Waals surface area contributed by atoms with Crippen LogP contribution in [-0.4, -0.2) is 12.5 Å². The number of carbonyl (C=O) groups is 1. The Labute approximate surface area is 109 Å². The van der Waals surface area contributed by atoms with Gasteiger partial charge in [-0.05, 0) is 43.9 Å². The average molecular weight is 252 g/mol. The van der Waals surface area contributed by atoms with E-state index in [1.54, 1.807) is 6.26 Å². The molecular weight excluding hydrogens is 228 g/mol. The van der Waals surface area contributed by atoms with Gasteiger partial charge in [0.25, 0.3) is 0 Å². The third kappa shape index (κ3) is 4.92. The Balaban J connectivity index is 2.40. The van der Waals surface area contributed by atoms with E-state index >= 15 is 0 Å². The predicted octanol–water partition coefficient (Wildman–Crippen LogP) is 2.47. The summed E-state index contributed by atoms with van der Waals surface area (Å²) in [6.45, 7) is 6.76. The molecule has 0 aliphatic carbocycles. The van der Waals surface area contributed by atoms with Gasteiger partial charge in [-0.15, -0.1) is 0 Å². The predicted molar refractivity (Wildman–Crippen MR) is 71.9 cm³/mol. The first-order chi connectivity index (χ1) is 8.52. The Morgan fingerprint density at radius 3 is 2.67 bits per heavy atom. The van der Waals surface area contributed by atoms with Crippen LogP contribution in [0.15, 0.2) is 22.8 Å². The highest BCUT2D eigenvalue weighted by atomic mass is 16.3. The molecule has 0 saturated carbocycles. The summed E-state index contributed by atoms with van der Waals surface area (Å²) in [5.41, 5.74) is 5.70. The molecule has 0 aliphatic rings. The molecular formula is C14H24N2O2. The lowest BCUT2D eigenvalue weighted by atomic mass is 9.94. The molecule has 0 bridgehead atoms. The fourth-order valence-corrected chi connectivity index (χ4v) is 2.10. The van der Waals surface area contributed by atoms with Crippen LogP contribution < -0.4 is 11.1 Å². The van der Waals surface area contributed by atoms with E-state index in [0.717, 1.165) is 12.2 Å². The number of furan rings is 1. The van der Waals surface area contributed by atoms with Crippen molar-refractivity contribution >= 4 is 5.91 Å². The molecule has 2 atom stereocenters. The summed E-state index contributed by atoms with van der Waals surface area (Å²) in [5.74, 6) is 1.63. The Hall–Kier alpha value is -1.29. The Bertz CT molecular complexity index is 347. The van der Waals surface area contributed by atoms with Gasteiger partial charge in [-0.1, -0.05) is 13.8 Å². The summed E-state index contributed by atoms with van der Waals surface area (Å²) in [5, 5.41) is 2.93. The minimum atomic E-state index is -0.0926. The summed E-state index contributed by atoms with van der Waals surface area (Å²) in [7, 11) is 0. The van der Waals surface area contributed by atoms with Crippen molar-refractivity contribution in [3.05, 3.63) is 24.2 Å². The number of carbonyl (C=O) groups excluding carboxylic acids is 1. The molecule has 4 heteroatoms. The third-order valence-electron chi connectivity index (χ3n) is 2.96. The van der Waals surface area contributed by atoms with Gasteiger partial charge in [-0.25, -0.2) is 0 Å². The fourth-order valence-electron chi connectivity index (χ4n) is 2.10. The molecule has 0 fully saturated rings. The maximum Gasteiger partial charge on any atom is 0.220 e. The molecule has 4 nitrogen and oxygen atoms in total. The third-order valence-corrected chi connectivity index (χ3v) is 2.96. The van der Waals surface area contributed by atoms with E-state index in [-0.39, 0.29) is 17.9 Å². The highest BCUT2D eigenvalue weighted by molar-refractivity contribution is 5.76. The zero-order valence-corrected chi connectivity index (χ0v) is 11.5. The molecule has 1 unspecified atom stereocenters. The zero-order valence-electron chi connectivity index (χ0n) is 11.5. The first kappa shape index (κ1) is 14.8. The smallest absolute Gasteiger partial charge is 0.220 e. The monoisotopic (exact) mass is 252 g/mol. The van der Waals surface area contributed by atoms with Gasteiger partial charge in [0.15, 0.2) is 0 Å². The first-order valence-electron chi connectivity index (χ1n) is 6.55. The normalized spacial score (nSPS) is 14.5. The molecule has 1 heterocycles. The van der Waals surface area contributed by atoms with Crippen molar-refractivity contribution in [2.75, 3.05) is 6.54 Å². The highest BCUT2D eigenvalue weighted by Gasteiger charge is 2.17. The van der Waals surface area contributed by atoms with Crippen LogP contribution in [0.3, 0.4) is 0 Å². The molecule has 18 heavy (non-hydrogen) atoms. The number of amides is 1. The van der Waals surface area contributed by atoms with Crippen LogP contribution in [-0.2, 0) is 4.79 Å². The van der Waals surface area contributed by atoms with Crippen LogP contribution in [0.1, 0.15) is 45.4 Å². The van der Waals surface area contributed by atoms with Gasteiger partial charge in [0.2, 0.25) is 5.91 Å². The van der Waals surface area contributed by atoms with Crippen molar-refractivity contribution in [3.8, 4) is 0 Å². The Kier molecular flexibility index (Phi) is 5.92. The van der Waals surface area contributed by atoms with Crippen molar-refractivity contribution < 1.29 is 9.21 Å². The Morgan fingerprint density at radius 1 is 1.44 bits per heavy atom. The van der Waals surface area contributed by atoms with Crippen molar-refractivity contribution in [1.82, 2.24) is 5.32 Å². The van der Waals surface area contributed by atoms with E-state index < -0.39 is 0 Å². The standard InChI is InChI=1S/C14H24N2O2/c1-10(2)7-12(9-15)8-14(17)16-11(3)13-5-4-6-18-13/h4-6,10-12H,7-9,15H2,1-3H3,(H,16,17)/t11?,12-/m0/s1. The van der Waals surface area contributed by atoms with Gasteiger partial charge in [0.05, 0.1) is 12.3 Å². The first-order valence-corrected chi connectivity index (χ1v) is 6.55. The topological polar surface area (TPSA) is 68.3 Å². The van der Waals surface area contributed by atoms with E-state index in [2.05, 4.69) is 19.2 Å². The second-order valence-electron chi connectivity index (χ2n) is 5.24. The summed E-state index contributed by atoms with van der Waals surface area (Å²) >= 11 is 0. The molecule has 0 aliphatic heterocycles. The molecule has 1 aromatic heterocycles. The summed E-state index contributed by atoms with van der Waals surface area (Å²) in [6, 6.07) is 3.59. The second kappa shape index (κ2) is 7.21. The number of nitrogens with two attached hydrogens (primary N) is 1. The largest absolute Gasteiger partial charge is 0.467 e. The summed E-state index contributed by atoms with van der Waals surface area (Å²) in [4.78, 5) is 11.9. The van der Waals surface area contributed by atoms with Crippen molar-refractivity contribution in [2.45, 2.75) is 39.7 Å². The minimum absolute atomic E-state index is 0.0370. The zero-order chi connectivity index (χ0) is 13.5. The summed E-state index contributed by atoms with van der Waals surface area (Å²) < 4.78 is 5.25. The lowest BCUT2D eigenvalue weighted by Gasteiger charge is -2.18. The van der Waals surface area contributed by atoms with E-state index in [4.69, 9.17) is 10.2 Å². The number of rotatable bonds is 7. The number of hydrogen-bond donors (Lipinski definition) is 2. The second-order valence-corrected chi connectivity index (χ2v) is 5.24. The molecule has 1 amide bonds. The lowest BCUT2D eigenvalue weighted by molar-refractivity contribution is -0.122. The molecule has 0 aromatic carbocycles. The van der Waals surface area contributed by atoms with Crippen LogP contribution in [0.2, 0.25) is 0 Å². The molecule has 102 valence electrons. The quantitative estimate of drug-likeness (QED) is 0.783. The minimum Gasteiger partial charge on any atom is -0.467 e. The maximum absolute atomic E-state index is 11.9. The average Bonchev–Trinajstić information content (AvgIpc) is 2.80. The molecule has 0 saturated heterocycles. The molecule has 0 spiro atoms. The lowest BCUT2D eigenvalue weighted by Crippen LogP contribution is -2.30. The fraction of sp³-hybridized carbons (Fsp3) is 0.643. The van der Waals surface area contributed by atoms with Gasteiger partial charge < -0.3 is 15.5 Å². The van der Waals surface area contributed by atoms with Crippen LogP contribution in [0.5, 0.6) is 0 Å². The van der Waals surface area contributed by atoms with E-state index in [1.807, 2.05) is 19.1 Å². The van der Waals surface area contributed by atoms with E-state index in [0.29, 0.717) is 18.9 Å². The number of hydrogen-bond acceptors (Lipinski definition) is 3. The van der Waals surface area contributed by atoms with Gasteiger partial charge in [0, 0.05) is 6.42 Å². The van der Waals surface area contributed by atoms with Gasteiger partial charge >= 0.3 is 0 Å². The van der Waals surface area contributed by atoms with Gasteiger partial charge in [-0.2, -0.15) is 0 Å². The SMILES string of the molecule is CC(C)C[C@H](CN)CC(=O)NC(C)c1ccco1. The van der Waals surface area contributed by atoms with Crippen LogP contribution in [0.25, 0.3) is 0 Å². The maximum atomic E-state index is 11.9. The molecule has 1 aromatic rings. The molecule has 1 rings (SSSR count). The molecule has 0 radical (unpaired) electrons. The van der Waals surface area contributed by atoms with Crippen molar-refractivity contribution in [2.24, 2.45) is 17.6 Å². The molecule has 3 N–H and O–H groups in total. The number of nitrogens with one attached hydrogen (secondary N) is 1. The highest BCUT2D eigenvalue weighted by Crippen LogP contribution is 2.16. The van der Waals surface area contributed by atoms with Gasteiger partial charge in [0.1, 0.15) is 5.76 Å². The van der Waals surface area contributed by atoms with E-state index in [9.17, 15) is 4.79 Å².